The molecule has 0 saturated heterocycles. The summed E-state index contributed by atoms with van der Waals surface area (Å²) >= 11 is 0. The lowest BCUT2D eigenvalue weighted by molar-refractivity contribution is 0.0954. The summed E-state index contributed by atoms with van der Waals surface area (Å²) in [5.41, 5.74) is 3.95. The summed E-state index contributed by atoms with van der Waals surface area (Å²) in [6, 6.07) is 5.64. The first-order chi connectivity index (χ1) is 8.72. The molecule has 2 aliphatic rings. The van der Waals surface area contributed by atoms with Crippen molar-refractivity contribution in [2.24, 2.45) is 16.9 Å². The van der Waals surface area contributed by atoms with Crippen LogP contribution in [0.25, 0.3) is 0 Å². The van der Waals surface area contributed by atoms with E-state index in [1.54, 1.807) is 6.07 Å². The fourth-order valence-corrected chi connectivity index (χ4v) is 2.98. The number of halogens is 1. The van der Waals surface area contributed by atoms with E-state index >= 15 is 0 Å². The molecule has 0 aromatic heterocycles. The van der Waals surface area contributed by atoms with Gasteiger partial charge in [0, 0.05) is 11.3 Å². The maximum absolute atomic E-state index is 13.0. The fourth-order valence-electron chi connectivity index (χ4n) is 2.98. The summed E-state index contributed by atoms with van der Waals surface area (Å²) in [4.78, 5) is 11.8. The molecule has 3 rings (SSSR count). The minimum atomic E-state index is -0.407. The highest BCUT2D eigenvalue weighted by atomic mass is 19.1. The van der Waals surface area contributed by atoms with Crippen LogP contribution in [0.4, 0.5) is 4.39 Å². The quantitative estimate of drug-likeness (QED) is 0.801. The number of benzene rings is 1. The molecule has 2 bridgehead atoms. The Kier molecular flexibility index (Phi) is 2.86. The van der Waals surface area contributed by atoms with Gasteiger partial charge in [-0.25, -0.2) is 9.82 Å². The van der Waals surface area contributed by atoms with Crippen LogP contribution < -0.4 is 5.43 Å². The maximum Gasteiger partial charge on any atom is 0.271 e. The number of hydrogen-bond donors (Lipinski definition) is 1. The van der Waals surface area contributed by atoms with E-state index in [1.165, 1.54) is 37.5 Å². The molecule has 2 aliphatic carbocycles. The average molecular weight is 246 g/mol. The predicted octanol–water partition coefficient (Wildman–Crippen LogP) is 2.73. The zero-order chi connectivity index (χ0) is 12.5. The van der Waals surface area contributed by atoms with E-state index in [-0.39, 0.29) is 5.91 Å². The van der Waals surface area contributed by atoms with Crippen LogP contribution in [-0.4, -0.2) is 11.6 Å². The number of fused-ring (bicyclic) bond motifs is 2. The van der Waals surface area contributed by atoms with Crippen molar-refractivity contribution in [3.05, 3.63) is 35.6 Å². The molecule has 1 aromatic rings. The van der Waals surface area contributed by atoms with Gasteiger partial charge in [-0.05, 0) is 55.7 Å². The molecule has 2 saturated carbocycles. The summed E-state index contributed by atoms with van der Waals surface area (Å²) in [6.07, 6.45) is 4.71. The van der Waals surface area contributed by atoms with Crippen molar-refractivity contribution < 1.29 is 9.18 Å². The molecule has 94 valence electrons. The van der Waals surface area contributed by atoms with Crippen LogP contribution >= 0.6 is 0 Å². The third-order valence-electron chi connectivity index (χ3n) is 3.90. The van der Waals surface area contributed by atoms with Gasteiger partial charge in [-0.15, -0.1) is 0 Å². The number of carbonyl (C=O) groups is 1. The first-order valence-electron chi connectivity index (χ1n) is 6.35. The van der Waals surface area contributed by atoms with Gasteiger partial charge in [0.2, 0.25) is 0 Å². The number of carbonyl (C=O) groups excluding carboxylic acids is 1. The van der Waals surface area contributed by atoms with Gasteiger partial charge in [0.05, 0.1) is 0 Å². The van der Waals surface area contributed by atoms with Gasteiger partial charge in [-0.1, -0.05) is 6.07 Å². The van der Waals surface area contributed by atoms with Crippen LogP contribution in [0.15, 0.2) is 29.4 Å². The molecule has 0 heterocycles. The van der Waals surface area contributed by atoms with Crippen LogP contribution in [-0.2, 0) is 0 Å². The molecule has 2 atom stereocenters. The van der Waals surface area contributed by atoms with Crippen LogP contribution in [0, 0.1) is 17.7 Å². The molecular weight excluding hydrogens is 231 g/mol. The first-order valence-corrected chi connectivity index (χ1v) is 6.35. The van der Waals surface area contributed by atoms with Crippen molar-refractivity contribution in [2.75, 3.05) is 0 Å². The predicted molar refractivity (Wildman–Crippen MR) is 66.7 cm³/mol. The summed E-state index contributed by atoms with van der Waals surface area (Å²) in [5, 5.41) is 4.21. The second-order valence-electron chi connectivity index (χ2n) is 5.13. The Bertz CT molecular complexity index is 512. The third kappa shape index (κ3) is 2.15. The van der Waals surface area contributed by atoms with E-state index in [1.807, 2.05) is 0 Å². The van der Waals surface area contributed by atoms with Crippen LogP contribution in [0.5, 0.6) is 0 Å². The van der Waals surface area contributed by atoms with Crippen LogP contribution in [0.2, 0.25) is 0 Å². The van der Waals surface area contributed by atoms with E-state index < -0.39 is 5.82 Å². The maximum atomic E-state index is 13.0. The monoisotopic (exact) mass is 246 g/mol. The average Bonchev–Trinajstić information content (AvgIpc) is 2.98. The van der Waals surface area contributed by atoms with E-state index in [0.717, 1.165) is 18.1 Å². The number of hydrazone groups is 1. The molecule has 0 spiro atoms. The number of hydrogen-bond acceptors (Lipinski definition) is 2. The lowest BCUT2D eigenvalue weighted by Gasteiger charge is -2.11. The Morgan fingerprint density at radius 1 is 1.39 bits per heavy atom. The smallest absolute Gasteiger partial charge is 0.267 e. The minimum absolute atomic E-state index is 0.308. The van der Waals surface area contributed by atoms with Gasteiger partial charge in [0.15, 0.2) is 0 Å². The summed E-state index contributed by atoms with van der Waals surface area (Å²) in [7, 11) is 0. The Balaban J connectivity index is 1.67. The van der Waals surface area contributed by atoms with E-state index in [2.05, 4.69) is 10.5 Å². The summed E-state index contributed by atoms with van der Waals surface area (Å²) in [5.74, 6) is 0.572. The zero-order valence-corrected chi connectivity index (χ0v) is 10.0. The summed E-state index contributed by atoms with van der Waals surface area (Å²) in [6.45, 7) is 0. The van der Waals surface area contributed by atoms with Crippen LogP contribution in [0.3, 0.4) is 0 Å². The Hall–Kier alpha value is -1.71. The van der Waals surface area contributed by atoms with E-state index in [9.17, 15) is 9.18 Å². The number of nitrogens with zero attached hydrogens (tertiary/aromatic N) is 1. The van der Waals surface area contributed by atoms with Gasteiger partial charge in [-0.2, -0.15) is 5.10 Å². The van der Waals surface area contributed by atoms with Gasteiger partial charge >= 0.3 is 0 Å². The van der Waals surface area contributed by atoms with Crippen molar-refractivity contribution in [1.82, 2.24) is 5.43 Å². The summed E-state index contributed by atoms with van der Waals surface area (Å²) < 4.78 is 13.0. The van der Waals surface area contributed by atoms with Gasteiger partial charge < -0.3 is 0 Å². The first kappa shape index (κ1) is 11.4. The largest absolute Gasteiger partial charge is 0.271 e. The van der Waals surface area contributed by atoms with E-state index in [0.29, 0.717) is 11.5 Å². The second kappa shape index (κ2) is 4.52. The van der Waals surface area contributed by atoms with E-state index in [4.69, 9.17) is 0 Å². The molecule has 1 amide bonds. The lowest BCUT2D eigenvalue weighted by atomic mass is 9.99. The molecule has 3 nitrogen and oxygen atoms in total. The molecule has 2 fully saturated rings. The second-order valence-corrected chi connectivity index (χ2v) is 5.13. The van der Waals surface area contributed by atoms with Crippen molar-refractivity contribution in [1.29, 1.82) is 0 Å². The highest BCUT2D eigenvalue weighted by Crippen LogP contribution is 2.42. The normalized spacial score (nSPS) is 27.7. The zero-order valence-electron chi connectivity index (χ0n) is 10.0. The Morgan fingerprint density at radius 3 is 2.94 bits per heavy atom. The van der Waals surface area contributed by atoms with Crippen LogP contribution in [0.1, 0.15) is 36.0 Å². The minimum Gasteiger partial charge on any atom is -0.267 e. The number of rotatable bonds is 2. The lowest BCUT2D eigenvalue weighted by Crippen LogP contribution is -2.22. The highest BCUT2D eigenvalue weighted by molar-refractivity contribution is 5.96. The molecule has 18 heavy (non-hydrogen) atoms. The molecular formula is C14H15FN2O. The van der Waals surface area contributed by atoms with Gasteiger partial charge in [0.25, 0.3) is 5.91 Å². The van der Waals surface area contributed by atoms with Gasteiger partial charge in [0.1, 0.15) is 5.82 Å². The SMILES string of the molecule is O=C(NN=C1CC2CCC1C2)c1cccc(F)c1. The molecule has 1 N–H and O–H groups in total. The molecule has 0 radical (unpaired) electrons. The number of amides is 1. The Labute approximate surface area is 105 Å². The third-order valence-corrected chi connectivity index (χ3v) is 3.90. The molecule has 4 heteroatoms. The fraction of sp³-hybridized carbons (Fsp3) is 0.429. The van der Waals surface area contributed by atoms with Crippen molar-refractivity contribution in [2.45, 2.75) is 25.7 Å². The number of nitrogens with one attached hydrogen (secondary N) is 1. The van der Waals surface area contributed by atoms with Crippen molar-refractivity contribution in [3.63, 3.8) is 0 Å². The molecule has 1 aromatic carbocycles. The Morgan fingerprint density at radius 2 is 2.28 bits per heavy atom. The standard InChI is InChI=1S/C14H15FN2O/c15-12-3-1-2-11(8-12)14(18)17-16-13-7-9-4-5-10(13)6-9/h1-3,8-10H,4-7H2,(H,17,18). The molecule has 2 unspecified atom stereocenters. The van der Waals surface area contributed by atoms with Crippen molar-refractivity contribution in [3.8, 4) is 0 Å². The topological polar surface area (TPSA) is 41.5 Å². The molecule has 0 aliphatic heterocycles. The van der Waals surface area contributed by atoms with Gasteiger partial charge in [-0.3, -0.25) is 4.79 Å². The van der Waals surface area contributed by atoms with Crippen molar-refractivity contribution >= 4 is 11.6 Å². The highest BCUT2D eigenvalue weighted by Gasteiger charge is 2.36.